The van der Waals surface area contributed by atoms with Crippen LogP contribution < -0.4 is 0 Å². The maximum Gasteiger partial charge on any atom is 0.0717 e. The highest BCUT2D eigenvalue weighted by Gasteiger charge is 2.31. The number of nitrogens with zero attached hydrogens (tertiary/aromatic N) is 1. The zero-order valence-corrected chi connectivity index (χ0v) is 11.4. The van der Waals surface area contributed by atoms with Crippen LogP contribution in [0.2, 0.25) is 0 Å². The molecule has 98 valence electrons. The van der Waals surface area contributed by atoms with Crippen molar-refractivity contribution in [2.24, 2.45) is 5.92 Å². The largest absolute Gasteiger partial charge is 0.375 e. The van der Waals surface area contributed by atoms with E-state index in [1.807, 2.05) is 6.07 Å². The van der Waals surface area contributed by atoms with E-state index in [0.29, 0.717) is 18.6 Å². The van der Waals surface area contributed by atoms with Crippen molar-refractivity contribution in [3.63, 3.8) is 0 Å². The minimum atomic E-state index is 0.501. The summed E-state index contributed by atoms with van der Waals surface area (Å²) in [5.41, 5.74) is 2.49. The molecule has 0 aromatic heterocycles. The fraction of sp³-hybridized carbons (Fsp3) is 0.500. The van der Waals surface area contributed by atoms with Crippen molar-refractivity contribution < 1.29 is 4.74 Å². The van der Waals surface area contributed by atoms with E-state index in [0.717, 1.165) is 13.2 Å². The Morgan fingerprint density at radius 2 is 1.94 bits per heavy atom. The Hall–Kier alpha value is -1.28. The first-order valence-electron chi connectivity index (χ1n) is 6.73. The van der Waals surface area contributed by atoms with Gasteiger partial charge in [-0.2, -0.15) is 0 Å². The van der Waals surface area contributed by atoms with Crippen molar-refractivity contribution in [1.82, 2.24) is 4.90 Å². The third-order valence-corrected chi connectivity index (χ3v) is 3.26. The molecule has 0 aliphatic carbocycles. The molecule has 2 rings (SSSR count). The summed E-state index contributed by atoms with van der Waals surface area (Å²) in [6, 6.07) is 10.8. The van der Waals surface area contributed by atoms with Gasteiger partial charge in [0.2, 0.25) is 0 Å². The van der Waals surface area contributed by atoms with Gasteiger partial charge in [0, 0.05) is 5.70 Å². The van der Waals surface area contributed by atoms with E-state index in [9.17, 15) is 0 Å². The minimum Gasteiger partial charge on any atom is -0.375 e. The highest BCUT2D eigenvalue weighted by Crippen LogP contribution is 2.27. The first-order valence-corrected chi connectivity index (χ1v) is 6.73. The van der Waals surface area contributed by atoms with Crippen LogP contribution in [0.1, 0.15) is 25.8 Å². The van der Waals surface area contributed by atoms with Crippen molar-refractivity contribution in [2.45, 2.75) is 32.9 Å². The molecule has 1 heterocycles. The van der Waals surface area contributed by atoms with Crippen molar-refractivity contribution in [1.29, 1.82) is 0 Å². The molecular weight excluding hydrogens is 222 g/mol. The quantitative estimate of drug-likeness (QED) is 0.682. The van der Waals surface area contributed by atoms with Crippen LogP contribution in [0.15, 0.2) is 42.6 Å². The summed E-state index contributed by atoms with van der Waals surface area (Å²) in [7, 11) is 0. The summed E-state index contributed by atoms with van der Waals surface area (Å²) >= 11 is 0. The van der Waals surface area contributed by atoms with Gasteiger partial charge in [-0.15, -0.1) is 0 Å². The molecule has 0 spiro atoms. The summed E-state index contributed by atoms with van der Waals surface area (Å²) in [5, 5.41) is 0. The Balaban J connectivity index is 1.77. The molecule has 0 bridgehead atoms. The van der Waals surface area contributed by atoms with Gasteiger partial charge in [0.05, 0.1) is 25.8 Å². The molecule has 18 heavy (non-hydrogen) atoms. The number of ether oxygens (including phenoxy) is 1. The molecule has 0 amide bonds. The lowest BCUT2D eigenvalue weighted by Gasteiger charge is -2.21. The second kappa shape index (κ2) is 6.05. The van der Waals surface area contributed by atoms with E-state index in [1.165, 1.54) is 17.7 Å². The van der Waals surface area contributed by atoms with Crippen LogP contribution in [0.5, 0.6) is 0 Å². The third-order valence-electron chi connectivity index (χ3n) is 3.26. The SMILES string of the molecule is C=C1CN1[C@H](COCc1ccccc1)CC(C)C. The summed E-state index contributed by atoms with van der Waals surface area (Å²) < 4.78 is 5.85. The summed E-state index contributed by atoms with van der Waals surface area (Å²) in [6.45, 7) is 11.1. The van der Waals surface area contributed by atoms with Gasteiger partial charge in [0.1, 0.15) is 0 Å². The van der Waals surface area contributed by atoms with Crippen LogP contribution in [0.3, 0.4) is 0 Å². The van der Waals surface area contributed by atoms with Crippen molar-refractivity contribution >= 4 is 0 Å². The van der Waals surface area contributed by atoms with Gasteiger partial charge in [-0.1, -0.05) is 50.8 Å². The van der Waals surface area contributed by atoms with E-state index < -0.39 is 0 Å². The molecule has 1 aliphatic rings. The standard InChI is InChI=1S/C16H23NO/c1-13(2)9-16(17-10-14(17)3)12-18-11-15-7-5-4-6-8-15/h4-8,13,16H,3,9-12H2,1-2H3/t16-,17?/m0/s1. The zero-order chi connectivity index (χ0) is 13.0. The number of benzene rings is 1. The molecule has 1 atom stereocenters. The van der Waals surface area contributed by atoms with Gasteiger partial charge < -0.3 is 9.64 Å². The fourth-order valence-corrected chi connectivity index (χ4v) is 2.27. The highest BCUT2D eigenvalue weighted by molar-refractivity contribution is 5.16. The van der Waals surface area contributed by atoms with Gasteiger partial charge in [-0.25, -0.2) is 0 Å². The molecule has 1 aromatic rings. The van der Waals surface area contributed by atoms with Crippen molar-refractivity contribution in [3.05, 3.63) is 48.2 Å². The van der Waals surface area contributed by atoms with E-state index in [1.54, 1.807) is 0 Å². The molecule has 1 fully saturated rings. The zero-order valence-electron chi connectivity index (χ0n) is 11.4. The summed E-state index contributed by atoms with van der Waals surface area (Å²) in [5.74, 6) is 0.698. The van der Waals surface area contributed by atoms with Crippen molar-refractivity contribution in [3.8, 4) is 0 Å². The van der Waals surface area contributed by atoms with E-state index in [2.05, 4.69) is 49.6 Å². The van der Waals surface area contributed by atoms with Gasteiger partial charge >= 0.3 is 0 Å². The number of hydrogen-bond acceptors (Lipinski definition) is 2. The van der Waals surface area contributed by atoms with Crippen LogP contribution >= 0.6 is 0 Å². The van der Waals surface area contributed by atoms with E-state index in [-0.39, 0.29) is 0 Å². The van der Waals surface area contributed by atoms with Crippen LogP contribution in [0.25, 0.3) is 0 Å². The lowest BCUT2D eigenvalue weighted by atomic mass is 10.0. The Kier molecular flexibility index (Phi) is 4.43. The van der Waals surface area contributed by atoms with Gasteiger partial charge in [0.15, 0.2) is 0 Å². The first kappa shape index (κ1) is 13.2. The highest BCUT2D eigenvalue weighted by atomic mass is 16.5. The van der Waals surface area contributed by atoms with Crippen LogP contribution in [0.4, 0.5) is 0 Å². The number of hydrogen-bond donors (Lipinski definition) is 0. The molecule has 0 N–H and O–H groups in total. The van der Waals surface area contributed by atoms with Gasteiger partial charge in [-0.3, -0.25) is 0 Å². The molecule has 0 radical (unpaired) electrons. The lowest BCUT2D eigenvalue weighted by molar-refractivity contribution is 0.0782. The Morgan fingerprint density at radius 3 is 2.50 bits per heavy atom. The lowest BCUT2D eigenvalue weighted by Crippen LogP contribution is -2.26. The van der Waals surface area contributed by atoms with Crippen LogP contribution in [-0.4, -0.2) is 24.1 Å². The maximum absolute atomic E-state index is 5.85. The molecule has 2 nitrogen and oxygen atoms in total. The average Bonchev–Trinajstić information content (AvgIpc) is 3.06. The molecular formula is C16H23NO. The van der Waals surface area contributed by atoms with Gasteiger partial charge in [0.25, 0.3) is 0 Å². The third kappa shape index (κ3) is 3.88. The van der Waals surface area contributed by atoms with E-state index >= 15 is 0 Å². The monoisotopic (exact) mass is 245 g/mol. The predicted octanol–water partition coefficient (Wildman–Crippen LogP) is 3.45. The first-order chi connectivity index (χ1) is 8.66. The van der Waals surface area contributed by atoms with Crippen LogP contribution in [0, 0.1) is 5.92 Å². The normalized spacial score (nSPS) is 16.2. The molecule has 1 aliphatic heterocycles. The second-order valence-corrected chi connectivity index (χ2v) is 5.48. The fourth-order valence-electron chi connectivity index (χ4n) is 2.27. The Bertz CT molecular complexity index is 385. The predicted molar refractivity (Wildman–Crippen MR) is 75.2 cm³/mol. The van der Waals surface area contributed by atoms with Crippen molar-refractivity contribution in [2.75, 3.05) is 13.2 Å². The summed E-state index contributed by atoms with van der Waals surface area (Å²) in [4.78, 5) is 2.35. The molecule has 1 saturated heterocycles. The molecule has 0 saturated carbocycles. The second-order valence-electron chi connectivity index (χ2n) is 5.48. The van der Waals surface area contributed by atoms with Crippen LogP contribution in [-0.2, 0) is 11.3 Å². The average molecular weight is 245 g/mol. The molecule has 1 aromatic carbocycles. The number of rotatable bonds is 7. The Morgan fingerprint density at radius 1 is 1.28 bits per heavy atom. The molecule has 2 heteroatoms. The maximum atomic E-state index is 5.85. The molecule has 0 unspecified atom stereocenters. The minimum absolute atomic E-state index is 0.501. The topological polar surface area (TPSA) is 12.2 Å². The summed E-state index contributed by atoms with van der Waals surface area (Å²) in [6.07, 6.45) is 1.17. The van der Waals surface area contributed by atoms with E-state index in [4.69, 9.17) is 4.74 Å². The smallest absolute Gasteiger partial charge is 0.0717 e. The van der Waals surface area contributed by atoms with Gasteiger partial charge in [-0.05, 0) is 17.9 Å². The Labute approximate surface area is 110 Å².